The van der Waals surface area contributed by atoms with Crippen LogP contribution in [0, 0.1) is 6.92 Å². The van der Waals surface area contributed by atoms with Crippen molar-refractivity contribution in [2.24, 2.45) is 0 Å². The first-order valence-corrected chi connectivity index (χ1v) is 38.8. The second-order valence-electron chi connectivity index (χ2n) is 28.0. The van der Waals surface area contributed by atoms with Gasteiger partial charge in [-0.3, -0.25) is 72.3 Å². The zero-order chi connectivity index (χ0) is 80.6. The Morgan fingerprint density at radius 3 is 0.947 bits per heavy atom. The van der Waals surface area contributed by atoms with Crippen LogP contribution >= 0.6 is 0 Å². The number of rotatable bonds is 55. The first-order valence-electron chi connectivity index (χ1n) is 38.8. The topological polar surface area (TPSA) is 365 Å². The van der Waals surface area contributed by atoms with Crippen LogP contribution in [0.25, 0.3) is 21.5 Å². The largest absolute Gasteiger partial charge is 0.493 e. The number of carbonyl (C=O) groups is 12. The van der Waals surface area contributed by atoms with Crippen molar-refractivity contribution in [2.45, 2.75) is 77.6 Å². The molecule has 0 atom stereocenters. The fraction of sp³-hybridized carbons (Fsp3) is 0.531. The van der Waals surface area contributed by atoms with Gasteiger partial charge in [-0.15, -0.1) is 0 Å². The second kappa shape index (κ2) is 45.1. The average molecular weight is 1570 g/mol. The number of unbranched alkanes of at least 4 members (excludes halogenated alkanes) is 4. The summed E-state index contributed by atoms with van der Waals surface area (Å²) >= 11 is 0. The molecule has 0 unspecified atom stereocenters. The molecule has 0 fully saturated rings. The van der Waals surface area contributed by atoms with Crippen LogP contribution < -0.4 is 30.7 Å². The first kappa shape index (κ1) is 87.1. The van der Waals surface area contributed by atoms with Gasteiger partial charge in [-0.05, 0) is 140 Å². The van der Waals surface area contributed by atoms with Crippen molar-refractivity contribution in [2.75, 3.05) is 206 Å². The van der Waals surface area contributed by atoms with E-state index in [1.807, 2.05) is 57.0 Å². The van der Waals surface area contributed by atoms with Gasteiger partial charge in [0.25, 0.3) is 47.3 Å². The minimum atomic E-state index is -0.571. The molecule has 0 radical (unpaired) electrons. The number of ether oxygens (including phenoxy) is 10. The summed E-state index contributed by atoms with van der Waals surface area (Å²) in [7, 11) is 7.41. The summed E-state index contributed by atoms with van der Waals surface area (Å²) in [6, 6.07) is 18.1. The quantitative estimate of drug-likeness (QED) is 0.0278. The summed E-state index contributed by atoms with van der Waals surface area (Å²) < 4.78 is 55.7. The van der Waals surface area contributed by atoms with Crippen LogP contribution in [0.1, 0.15) is 159 Å². The smallest absolute Gasteiger partial charge is 0.407 e. The summed E-state index contributed by atoms with van der Waals surface area (Å²) in [5, 5.41) is 12.6. The van der Waals surface area contributed by atoms with E-state index in [0.29, 0.717) is 238 Å². The molecule has 5 aromatic carbocycles. The third kappa shape index (κ3) is 25.0. The fourth-order valence-corrected chi connectivity index (χ4v) is 13.2. The monoisotopic (exact) mass is 1570 g/mol. The van der Waals surface area contributed by atoms with Crippen molar-refractivity contribution in [1.82, 2.24) is 50.7 Å². The molecule has 0 aromatic heterocycles. The number of nitrogens with one attached hydrogen (secondary N) is 4. The molecule has 0 bridgehead atoms. The van der Waals surface area contributed by atoms with Crippen LogP contribution in [0.4, 0.5) is 4.79 Å². The van der Waals surface area contributed by atoms with Crippen molar-refractivity contribution >= 4 is 92.6 Å². The molecule has 32 heteroatoms. The van der Waals surface area contributed by atoms with E-state index in [9.17, 15) is 57.5 Å². The Morgan fingerprint density at radius 1 is 0.310 bits per heavy atom. The van der Waals surface area contributed by atoms with Crippen LogP contribution in [0.5, 0.6) is 11.5 Å². The maximum Gasteiger partial charge on any atom is 0.407 e. The maximum absolute atomic E-state index is 13.6. The van der Waals surface area contributed by atoms with Crippen molar-refractivity contribution in [3.63, 3.8) is 0 Å². The molecule has 0 spiro atoms. The van der Waals surface area contributed by atoms with E-state index >= 15 is 0 Å². The van der Waals surface area contributed by atoms with Crippen LogP contribution in [0.3, 0.4) is 0 Å². The third-order valence-electron chi connectivity index (χ3n) is 19.0. The molecule has 5 aromatic rings. The summed E-state index contributed by atoms with van der Waals surface area (Å²) in [6.45, 7) is 10.2. The summed E-state index contributed by atoms with van der Waals surface area (Å²) in [4.78, 5) is 166. The zero-order valence-electron chi connectivity index (χ0n) is 65.4. The van der Waals surface area contributed by atoms with Crippen LogP contribution in [0.15, 0.2) is 66.7 Å². The SMILES string of the molecule is Cc1cc(OCCCNC(=O)CCOCCOCCOCCOCCNC(=O)CCCCCN2C(=O)c3ccc4c5c(ccc(c35)C2=O)C(=O)N(CCN(C)C)C4=O)cc(OCCCNC(=O)OCCOCCOCCOCCNC(=O)CCCCCN2C(=O)c3ccc4c5c(ccc(c35)C2=O)C(=O)N(CCN(C)C)C4=O)c1. The molecular weight excluding hydrogens is 1460 g/mol. The van der Waals surface area contributed by atoms with E-state index < -0.39 is 53.4 Å². The fourth-order valence-electron chi connectivity index (χ4n) is 13.2. The van der Waals surface area contributed by atoms with Gasteiger partial charge < -0.3 is 78.4 Å². The van der Waals surface area contributed by atoms with E-state index in [2.05, 4.69) is 21.3 Å². The molecular formula is C81H106N10O22. The number of likely N-dealkylation sites (N-methyl/N-ethyl adjacent to an activating group) is 2. The molecule has 9 rings (SSSR count). The number of alkyl carbamates (subject to hydrolysis) is 1. The van der Waals surface area contributed by atoms with Gasteiger partial charge in [0.1, 0.15) is 18.1 Å². The van der Waals surface area contributed by atoms with Gasteiger partial charge in [0.05, 0.1) is 106 Å². The second-order valence-corrected chi connectivity index (χ2v) is 28.0. The number of benzene rings is 5. The highest BCUT2D eigenvalue weighted by molar-refractivity contribution is 6.34. The molecule has 12 amide bonds. The Bertz CT molecular complexity index is 4050. The van der Waals surface area contributed by atoms with E-state index in [4.69, 9.17) is 47.4 Å². The highest BCUT2D eigenvalue weighted by Gasteiger charge is 2.42. The van der Waals surface area contributed by atoms with Crippen LogP contribution in [0.2, 0.25) is 0 Å². The third-order valence-corrected chi connectivity index (χ3v) is 19.0. The number of aryl methyl sites for hydroxylation is 1. The lowest BCUT2D eigenvalue weighted by atomic mass is 9.86. The highest BCUT2D eigenvalue weighted by Crippen LogP contribution is 2.40. The molecule has 4 aliphatic rings. The maximum atomic E-state index is 13.6. The average Bonchev–Trinajstić information content (AvgIpc) is 0.720. The molecule has 4 aliphatic heterocycles. The summed E-state index contributed by atoms with van der Waals surface area (Å²) in [6.07, 6.45) is 4.61. The molecule has 4 N–H and O–H groups in total. The van der Waals surface area contributed by atoms with Crippen molar-refractivity contribution in [3.05, 3.63) is 117 Å². The minimum absolute atomic E-state index is 0.0611. The molecule has 4 heterocycles. The number of nitrogens with zero attached hydrogens (tertiary/aromatic N) is 6. The van der Waals surface area contributed by atoms with Gasteiger partial charge >= 0.3 is 6.09 Å². The number of imide groups is 4. The van der Waals surface area contributed by atoms with Crippen LogP contribution in [-0.2, 0) is 52.3 Å². The minimum Gasteiger partial charge on any atom is -0.493 e. The number of carbonyl (C=O) groups excluding carboxylic acids is 12. The Labute approximate surface area is 657 Å². The van der Waals surface area contributed by atoms with Gasteiger partial charge in [-0.2, -0.15) is 0 Å². The van der Waals surface area contributed by atoms with Crippen molar-refractivity contribution < 1.29 is 105 Å². The first-order chi connectivity index (χ1) is 54.7. The standard InChI is InChI=1S/C81H106N10O22/c1-55-52-56(111-35-12-25-82-68(94)24-37-104-40-43-107-46-47-108-44-41-105-38-27-83-66(92)14-8-6-10-29-88-73(95)58-16-20-62-71-63(21-17-59(69(58)71)74(88)96)78(100)90(77(62)99)33-31-86(2)3)54-57(53-55)112-36-13-26-85-81(103)113-51-50-110-49-48-109-45-42-106-39-28-84-67(93)15-9-7-11-30-89-75(97)60-18-22-64-72-65(23-19-61(70(60)72)76(89)98)80(102)91(79(64)101)34-32-87(4)5/h16-23,52-54H,6-15,24-51H2,1-5H3,(H,82,94)(H,83,92)(H,84,93)(H,85,103). The Balaban J connectivity index is 0.478. The molecule has 612 valence electrons. The van der Waals surface area contributed by atoms with Gasteiger partial charge in [0.15, 0.2) is 0 Å². The van der Waals surface area contributed by atoms with E-state index in [0.717, 1.165) is 5.56 Å². The van der Waals surface area contributed by atoms with Crippen LogP contribution in [-0.4, -0.2) is 306 Å². The zero-order valence-corrected chi connectivity index (χ0v) is 65.4. The number of amides is 12. The lowest BCUT2D eigenvalue weighted by molar-refractivity contribution is -0.122. The van der Waals surface area contributed by atoms with E-state index in [-0.39, 0.29) is 105 Å². The lowest BCUT2D eigenvalue weighted by Crippen LogP contribution is -2.45. The van der Waals surface area contributed by atoms with Gasteiger partial charge in [0.2, 0.25) is 17.7 Å². The highest BCUT2D eigenvalue weighted by atomic mass is 16.6. The molecule has 32 nitrogen and oxygen atoms in total. The summed E-state index contributed by atoms with van der Waals surface area (Å²) in [5.74, 6) is -2.87. The van der Waals surface area contributed by atoms with Gasteiger partial charge in [-0.25, -0.2) is 4.79 Å². The van der Waals surface area contributed by atoms with Gasteiger partial charge in [-0.1, -0.05) is 12.8 Å². The lowest BCUT2D eigenvalue weighted by Gasteiger charge is -2.32. The normalized spacial score (nSPS) is 13.7. The van der Waals surface area contributed by atoms with E-state index in [1.54, 1.807) is 54.6 Å². The number of hydrogen-bond acceptors (Lipinski definition) is 24. The van der Waals surface area contributed by atoms with E-state index in [1.165, 1.54) is 19.6 Å². The Hall–Kier alpha value is -9.90. The molecule has 0 saturated heterocycles. The Morgan fingerprint density at radius 2 is 0.602 bits per heavy atom. The van der Waals surface area contributed by atoms with Crippen molar-refractivity contribution in [3.8, 4) is 11.5 Å². The predicted molar refractivity (Wildman–Crippen MR) is 414 cm³/mol. The predicted octanol–water partition coefficient (Wildman–Crippen LogP) is 5.45. The van der Waals surface area contributed by atoms with Gasteiger partial charge in [0, 0.05) is 157 Å². The molecule has 0 saturated carbocycles. The number of hydrogen-bond donors (Lipinski definition) is 4. The molecule has 113 heavy (non-hydrogen) atoms. The summed E-state index contributed by atoms with van der Waals surface area (Å²) in [5.41, 5.74) is 3.22. The Kier molecular flexibility index (Phi) is 34.8. The van der Waals surface area contributed by atoms with Crippen molar-refractivity contribution in [1.29, 1.82) is 0 Å². The molecule has 0 aliphatic carbocycles.